The van der Waals surface area contributed by atoms with Gasteiger partial charge in [-0.3, -0.25) is 9.68 Å². The number of benzene rings is 2. The number of piperazine rings is 1. The van der Waals surface area contributed by atoms with E-state index in [1.165, 1.54) is 12.1 Å². The van der Waals surface area contributed by atoms with Crippen molar-refractivity contribution in [1.82, 2.24) is 4.90 Å². The highest BCUT2D eigenvalue weighted by atomic mass is 19.4. The minimum Gasteiger partial charge on any atom is -0.368 e. The minimum atomic E-state index is -4.44. The molecule has 6 nitrogen and oxygen atoms in total. The van der Waals surface area contributed by atoms with E-state index in [9.17, 15) is 22.8 Å². The first kappa shape index (κ1) is 25.4. The predicted molar refractivity (Wildman–Crippen MR) is 121 cm³/mol. The molecule has 0 spiro atoms. The molecule has 0 N–H and O–H groups in total. The van der Waals surface area contributed by atoms with Crippen molar-refractivity contribution in [3.63, 3.8) is 0 Å². The lowest BCUT2D eigenvalue weighted by atomic mass is 9.81. The number of rotatable bonds is 6. The van der Waals surface area contributed by atoms with Gasteiger partial charge in [0.25, 0.3) is 5.91 Å². The Bertz CT molecular complexity index is 1010. The predicted octanol–water partition coefficient (Wildman–Crippen LogP) is 5.19. The van der Waals surface area contributed by atoms with Crippen LogP contribution in [0.5, 0.6) is 5.75 Å². The number of carbonyl (C=O) groups excluding carboxylic acids is 2. The summed E-state index contributed by atoms with van der Waals surface area (Å²) in [6.07, 6.45) is -4.44. The van der Waals surface area contributed by atoms with Crippen molar-refractivity contribution in [1.29, 1.82) is 0 Å². The first-order chi connectivity index (χ1) is 15.9. The molecule has 1 aliphatic heterocycles. The normalized spacial score (nSPS) is 14.8. The maximum atomic E-state index is 12.7. The molecule has 1 amide bonds. The highest BCUT2D eigenvalue weighted by Gasteiger charge is 2.34. The quantitative estimate of drug-likeness (QED) is 0.423. The standard InChI is InChI=1S/C25H29F3N2O4/c1-17(2)24(3,4)23(32)34-33-21-7-5-6-20(16-21)29-12-14-30(15-13-29)22(31)18-8-10-19(11-9-18)25(26,27)28/h5-11,16-17H,12-15H2,1-4H3. The first-order valence-corrected chi connectivity index (χ1v) is 11.1. The SMILES string of the molecule is CC(C)C(C)(C)C(=O)OOc1cccc(N2CCN(C(=O)c3ccc(C(F)(F)F)cc3)CC2)c1. The van der Waals surface area contributed by atoms with Crippen molar-refractivity contribution in [2.45, 2.75) is 33.9 Å². The second kappa shape index (κ2) is 9.95. The van der Waals surface area contributed by atoms with Gasteiger partial charge in [0.2, 0.25) is 0 Å². The first-order valence-electron chi connectivity index (χ1n) is 11.1. The highest BCUT2D eigenvalue weighted by Crippen LogP contribution is 2.30. The van der Waals surface area contributed by atoms with Crippen molar-refractivity contribution >= 4 is 17.6 Å². The summed E-state index contributed by atoms with van der Waals surface area (Å²) in [6.45, 7) is 9.38. The molecule has 0 radical (unpaired) electrons. The number of alkyl halides is 3. The molecule has 0 aliphatic carbocycles. The molecule has 1 saturated heterocycles. The Hall–Kier alpha value is -3.23. The zero-order valence-electron chi connectivity index (χ0n) is 19.7. The van der Waals surface area contributed by atoms with Gasteiger partial charge < -0.3 is 9.80 Å². The number of hydrogen-bond donors (Lipinski definition) is 0. The van der Waals surface area contributed by atoms with Crippen LogP contribution in [0.4, 0.5) is 18.9 Å². The van der Waals surface area contributed by atoms with E-state index >= 15 is 0 Å². The Labute approximate surface area is 197 Å². The Morgan fingerprint density at radius 3 is 2.12 bits per heavy atom. The van der Waals surface area contributed by atoms with Crippen molar-refractivity contribution in [3.8, 4) is 5.75 Å². The molecule has 0 bridgehead atoms. The number of anilines is 1. The molecule has 1 aliphatic rings. The van der Waals surface area contributed by atoms with Crippen LogP contribution in [0.25, 0.3) is 0 Å². The number of hydrogen-bond acceptors (Lipinski definition) is 5. The summed E-state index contributed by atoms with van der Waals surface area (Å²) in [6, 6.07) is 11.4. The van der Waals surface area contributed by atoms with Gasteiger partial charge in [0.05, 0.1) is 11.0 Å². The third kappa shape index (κ3) is 5.81. The van der Waals surface area contributed by atoms with Crippen molar-refractivity contribution in [2.24, 2.45) is 11.3 Å². The minimum absolute atomic E-state index is 0.0801. The van der Waals surface area contributed by atoms with Gasteiger partial charge in [-0.1, -0.05) is 19.9 Å². The average Bonchev–Trinajstić information content (AvgIpc) is 2.81. The zero-order valence-corrected chi connectivity index (χ0v) is 19.7. The van der Waals surface area contributed by atoms with Gasteiger partial charge in [-0.25, -0.2) is 9.68 Å². The largest absolute Gasteiger partial charge is 0.416 e. The van der Waals surface area contributed by atoms with Crippen molar-refractivity contribution < 1.29 is 32.5 Å². The maximum Gasteiger partial charge on any atom is 0.416 e. The molecule has 1 heterocycles. The van der Waals surface area contributed by atoms with Gasteiger partial charge in [0.1, 0.15) is 0 Å². The molecule has 0 atom stereocenters. The van der Waals surface area contributed by atoms with Crippen LogP contribution in [0.15, 0.2) is 48.5 Å². The molecule has 1 fully saturated rings. The molecule has 9 heteroatoms. The van der Waals surface area contributed by atoms with E-state index in [4.69, 9.17) is 9.78 Å². The number of carbonyl (C=O) groups is 2. The van der Waals surface area contributed by atoms with Gasteiger partial charge >= 0.3 is 12.1 Å². The summed E-state index contributed by atoms with van der Waals surface area (Å²) in [5.41, 5.74) is -0.399. The molecule has 0 aromatic heterocycles. The topological polar surface area (TPSA) is 59.1 Å². The molecule has 34 heavy (non-hydrogen) atoms. The Kier molecular flexibility index (Phi) is 7.43. The number of nitrogens with zero attached hydrogens (tertiary/aromatic N) is 2. The number of amides is 1. The monoisotopic (exact) mass is 478 g/mol. The Morgan fingerprint density at radius 1 is 0.941 bits per heavy atom. The Morgan fingerprint density at radius 2 is 1.56 bits per heavy atom. The zero-order chi connectivity index (χ0) is 25.1. The summed E-state index contributed by atoms with van der Waals surface area (Å²) >= 11 is 0. The van der Waals surface area contributed by atoms with Gasteiger partial charge in [-0.15, -0.1) is 0 Å². The lowest BCUT2D eigenvalue weighted by Gasteiger charge is -2.36. The molecular weight excluding hydrogens is 449 g/mol. The van der Waals surface area contributed by atoms with Gasteiger partial charge in [0.15, 0.2) is 5.75 Å². The van der Waals surface area contributed by atoms with Crippen LogP contribution in [-0.4, -0.2) is 43.0 Å². The van der Waals surface area contributed by atoms with E-state index in [1.807, 2.05) is 19.9 Å². The smallest absolute Gasteiger partial charge is 0.368 e. The van der Waals surface area contributed by atoms with Crippen LogP contribution < -0.4 is 9.79 Å². The molecule has 184 valence electrons. The van der Waals surface area contributed by atoms with E-state index in [-0.39, 0.29) is 17.4 Å². The van der Waals surface area contributed by atoms with E-state index in [0.717, 1.165) is 17.8 Å². The van der Waals surface area contributed by atoms with E-state index in [2.05, 4.69) is 4.90 Å². The van der Waals surface area contributed by atoms with Crippen LogP contribution in [0.3, 0.4) is 0 Å². The molecule has 3 rings (SSSR count). The van der Waals surface area contributed by atoms with E-state index in [1.54, 1.807) is 36.9 Å². The summed E-state index contributed by atoms with van der Waals surface area (Å²) in [4.78, 5) is 39.0. The second-order valence-corrected chi connectivity index (χ2v) is 9.18. The average molecular weight is 479 g/mol. The van der Waals surface area contributed by atoms with E-state index in [0.29, 0.717) is 31.9 Å². The second-order valence-electron chi connectivity index (χ2n) is 9.18. The van der Waals surface area contributed by atoms with Gasteiger partial charge in [-0.2, -0.15) is 13.2 Å². The fraction of sp³-hybridized carbons (Fsp3) is 0.440. The highest BCUT2D eigenvalue weighted by molar-refractivity contribution is 5.94. The summed E-state index contributed by atoms with van der Waals surface area (Å²) < 4.78 is 38.2. The summed E-state index contributed by atoms with van der Waals surface area (Å²) in [5, 5.41) is 0. The summed E-state index contributed by atoms with van der Waals surface area (Å²) in [7, 11) is 0. The van der Waals surface area contributed by atoms with Gasteiger partial charge in [0, 0.05) is 43.5 Å². The van der Waals surface area contributed by atoms with Crippen LogP contribution in [0.1, 0.15) is 43.6 Å². The summed E-state index contributed by atoms with van der Waals surface area (Å²) in [5.74, 6) is -0.293. The number of halogens is 3. The van der Waals surface area contributed by atoms with E-state index < -0.39 is 23.1 Å². The third-order valence-electron chi connectivity index (χ3n) is 6.39. The fourth-order valence-electron chi connectivity index (χ4n) is 3.31. The van der Waals surface area contributed by atoms with Crippen LogP contribution >= 0.6 is 0 Å². The van der Waals surface area contributed by atoms with Crippen molar-refractivity contribution in [2.75, 3.05) is 31.1 Å². The fourth-order valence-corrected chi connectivity index (χ4v) is 3.31. The molecule has 2 aromatic rings. The molecule has 0 saturated carbocycles. The third-order valence-corrected chi connectivity index (χ3v) is 6.39. The lowest BCUT2D eigenvalue weighted by Crippen LogP contribution is -2.48. The molecule has 0 unspecified atom stereocenters. The molecule has 2 aromatic carbocycles. The Balaban J connectivity index is 1.57. The van der Waals surface area contributed by atoms with Crippen LogP contribution in [-0.2, 0) is 15.9 Å². The van der Waals surface area contributed by atoms with Crippen LogP contribution in [0.2, 0.25) is 0 Å². The van der Waals surface area contributed by atoms with Crippen LogP contribution in [0, 0.1) is 11.3 Å². The lowest BCUT2D eigenvalue weighted by molar-refractivity contribution is -0.226. The van der Waals surface area contributed by atoms with Crippen molar-refractivity contribution in [3.05, 3.63) is 59.7 Å². The van der Waals surface area contributed by atoms with Gasteiger partial charge in [-0.05, 0) is 56.2 Å². The maximum absolute atomic E-state index is 12.7. The molecular formula is C25H29F3N2O4.